The molecule has 1 aliphatic heterocycles. The lowest BCUT2D eigenvalue weighted by molar-refractivity contribution is -0.137. The summed E-state index contributed by atoms with van der Waals surface area (Å²) in [6, 6.07) is 5.67. The number of hydrogen-bond donors (Lipinski definition) is 0. The molecule has 0 atom stereocenters. The molecule has 0 saturated carbocycles. The van der Waals surface area contributed by atoms with E-state index in [-0.39, 0.29) is 17.9 Å². The number of carbonyl (C=O) groups excluding carboxylic acids is 1. The van der Waals surface area contributed by atoms with Crippen LogP contribution in [0.3, 0.4) is 0 Å². The Morgan fingerprint density at radius 2 is 1.76 bits per heavy atom. The number of pyridine rings is 1. The van der Waals surface area contributed by atoms with Gasteiger partial charge in [0.1, 0.15) is 12.1 Å². The second kappa shape index (κ2) is 10.3. The van der Waals surface area contributed by atoms with Crippen LogP contribution < -0.4 is 0 Å². The lowest BCUT2D eigenvalue weighted by atomic mass is 9.96. The van der Waals surface area contributed by atoms with Gasteiger partial charge in [-0.25, -0.2) is 14.4 Å². The lowest BCUT2D eigenvalue weighted by Crippen LogP contribution is -2.34. The molecule has 0 spiro atoms. The average molecular weight is 475 g/mol. The van der Waals surface area contributed by atoms with Crippen molar-refractivity contribution in [2.75, 3.05) is 34.7 Å². The molecule has 0 aliphatic carbocycles. The molecule has 0 saturated heterocycles. The predicted octanol–water partition coefficient (Wildman–Crippen LogP) is 4.09. The Morgan fingerprint density at radius 3 is 2.44 bits per heavy atom. The summed E-state index contributed by atoms with van der Waals surface area (Å²) in [5, 5.41) is 0. The zero-order valence-electron chi connectivity index (χ0n) is 19.3. The molecule has 0 fully saturated rings. The Bertz CT molecular complexity index is 1180. The van der Waals surface area contributed by atoms with Gasteiger partial charge in [0.05, 0.1) is 17.0 Å². The molecule has 0 radical (unpaired) electrons. The van der Waals surface area contributed by atoms with E-state index in [4.69, 9.17) is 0 Å². The summed E-state index contributed by atoms with van der Waals surface area (Å²) in [4.78, 5) is 28.7. The first-order valence-electron chi connectivity index (χ1n) is 10.5. The topological polar surface area (TPSA) is 62.2 Å². The van der Waals surface area contributed by atoms with Gasteiger partial charge in [0, 0.05) is 37.5 Å². The third-order valence-electron chi connectivity index (χ3n) is 4.97. The second-order valence-electron chi connectivity index (χ2n) is 8.42. The summed E-state index contributed by atoms with van der Waals surface area (Å²) in [5.74, 6) is -1.07. The van der Waals surface area contributed by atoms with Crippen molar-refractivity contribution in [3.63, 3.8) is 0 Å². The molecule has 3 aromatic rings. The van der Waals surface area contributed by atoms with Gasteiger partial charge in [-0.3, -0.25) is 9.78 Å². The fraction of sp³-hybridized carbons (Fsp3) is 0.333. The van der Waals surface area contributed by atoms with Gasteiger partial charge in [0.2, 0.25) is 0 Å². The zero-order valence-corrected chi connectivity index (χ0v) is 19.3. The third-order valence-corrected chi connectivity index (χ3v) is 4.97. The fourth-order valence-corrected chi connectivity index (χ4v) is 3.50. The van der Waals surface area contributed by atoms with E-state index in [1.165, 1.54) is 12.5 Å². The largest absolute Gasteiger partial charge is 0.416 e. The fourth-order valence-electron chi connectivity index (χ4n) is 3.50. The molecular formula is C24H25F4N5O. The molecule has 4 rings (SSSR count). The number of halogens is 4. The number of amides is 1. The summed E-state index contributed by atoms with van der Waals surface area (Å²) < 4.78 is 52.6. The average Bonchev–Trinajstić information content (AvgIpc) is 2.75. The van der Waals surface area contributed by atoms with Gasteiger partial charge in [-0.1, -0.05) is 0 Å². The molecule has 34 heavy (non-hydrogen) atoms. The van der Waals surface area contributed by atoms with Crippen LogP contribution in [0.1, 0.15) is 32.7 Å². The van der Waals surface area contributed by atoms with Crippen LogP contribution in [0.15, 0.2) is 42.9 Å². The summed E-state index contributed by atoms with van der Waals surface area (Å²) in [5.41, 5.74) is 1.83. The van der Waals surface area contributed by atoms with Gasteiger partial charge < -0.3 is 9.80 Å². The highest BCUT2D eigenvalue weighted by atomic mass is 19.4. The van der Waals surface area contributed by atoms with E-state index in [1.54, 1.807) is 24.1 Å². The SMILES string of the molecule is CN(C)C.CN1CCc2c(ccnc2-c2cc(Cc3cc(F)cc(C(F)(F)F)c3)ncn2)C1=O. The quantitative estimate of drug-likeness (QED) is 0.534. The zero-order chi connectivity index (χ0) is 25.0. The van der Waals surface area contributed by atoms with Crippen molar-refractivity contribution >= 4 is 5.91 Å². The number of rotatable bonds is 3. The molecule has 0 unspecified atom stereocenters. The minimum Gasteiger partial charge on any atom is -0.341 e. The van der Waals surface area contributed by atoms with Crippen molar-refractivity contribution in [1.82, 2.24) is 24.8 Å². The van der Waals surface area contributed by atoms with E-state index in [0.29, 0.717) is 41.7 Å². The molecule has 1 aromatic carbocycles. The van der Waals surface area contributed by atoms with E-state index >= 15 is 0 Å². The maximum Gasteiger partial charge on any atom is 0.416 e. The number of nitrogens with zero attached hydrogens (tertiary/aromatic N) is 5. The van der Waals surface area contributed by atoms with Crippen molar-refractivity contribution in [2.24, 2.45) is 0 Å². The van der Waals surface area contributed by atoms with Crippen molar-refractivity contribution in [1.29, 1.82) is 0 Å². The van der Waals surface area contributed by atoms with Gasteiger partial charge in [-0.15, -0.1) is 0 Å². The summed E-state index contributed by atoms with van der Waals surface area (Å²) >= 11 is 0. The van der Waals surface area contributed by atoms with Crippen LogP contribution in [0, 0.1) is 5.82 Å². The standard InChI is InChI=1S/C21H16F4N4O.C3H9N/c1-29-5-3-16-17(20(29)30)2-4-26-19(16)18-10-15(27-11-28-18)8-12-6-13(21(23,24)25)9-14(22)7-12;1-4(2)3/h2,4,6-7,9-11H,3,5,8H2,1H3;1-3H3. The second-order valence-corrected chi connectivity index (χ2v) is 8.42. The number of fused-ring (bicyclic) bond motifs is 1. The van der Waals surface area contributed by atoms with Crippen LogP contribution in [0.25, 0.3) is 11.4 Å². The molecule has 6 nitrogen and oxygen atoms in total. The monoisotopic (exact) mass is 475 g/mol. The Morgan fingerprint density at radius 1 is 1.06 bits per heavy atom. The first-order valence-corrected chi connectivity index (χ1v) is 10.5. The molecule has 2 aromatic heterocycles. The van der Waals surface area contributed by atoms with Crippen molar-refractivity contribution < 1.29 is 22.4 Å². The third kappa shape index (κ3) is 6.13. The van der Waals surface area contributed by atoms with E-state index in [9.17, 15) is 22.4 Å². The Balaban J connectivity index is 0.000000751. The number of likely N-dealkylation sites (N-methyl/N-ethyl adjacent to an activating group) is 1. The highest BCUT2D eigenvalue weighted by molar-refractivity contribution is 5.98. The molecule has 10 heteroatoms. The van der Waals surface area contributed by atoms with Crippen LogP contribution >= 0.6 is 0 Å². The summed E-state index contributed by atoms with van der Waals surface area (Å²) in [7, 11) is 7.72. The summed E-state index contributed by atoms with van der Waals surface area (Å²) in [6.07, 6.45) is -1.23. The molecule has 1 amide bonds. The molecule has 0 N–H and O–H groups in total. The van der Waals surface area contributed by atoms with Crippen molar-refractivity contribution in [3.8, 4) is 11.4 Å². The maximum atomic E-state index is 13.7. The lowest BCUT2D eigenvalue weighted by Gasteiger charge is -2.25. The van der Waals surface area contributed by atoms with Crippen LogP contribution in [0.5, 0.6) is 0 Å². The molecule has 1 aliphatic rings. The Kier molecular flexibility index (Phi) is 7.61. The molecule has 180 valence electrons. The predicted molar refractivity (Wildman–Crippen MR) is 120 cm³/mol. The van der Waals surface area contributed by atoms with E-state index in [1.807, 2.05) is 26.0 Å². The highest BCUT2D eigenvalue weighted by Crippen LogP contribution is 2.31. The van der Waals surface area contributed by atoms with Gasteiger partial charge in [-0.2, -0.15) is 13.2 Å². The van der Waals surface area contributed by atoms with Crippen molar-refractivity contribution in [2.45, 2.75) is 19.0 Å². The minimum atomic E-state index is -4.64. The Hall–Kier alpha value is -3.40. The molecule has 0 bridgehead atoms. The smallest absolute Gasteiger partial charge is 0.341 e. The highest BCUT2D eigenvalue weighted by Gasteiger charge is 2.31. The number of aromatic nitrogens is 3. The molecular weight excluding hydrogens is 450 g/mol. The van der Waals surface area contributed by atoms with Crippen LogP contribution in [-0.4, -0.2) is 65.4 Å². The van der Waals surface area contributed by atoms with Crippen LogP contribution in [0.4, 0.5) is 17.6 Å². The maximum absolute atomic E-state index is 13.7. The van der Waals surface area contributed by atoms with E-state index in [0.717, 1.165) is 17.7 Å². The van der Waals surface area contributed by atoms with Crippen LogP contribution in [-0.2, 0) is 19.0 Å². The van der Waals surface area contributed by atoms with Gasteiger partial charge in [0.15, 0.2) is 0 Å². The van der Waals surface area contributed by atoms with Crippen molar-refractivity contribution in [3.05, 3.63) is 76.6 Å². The van der Waals surface area contributed by atoms with E-state index in [2.05, 4.69) is 15.0 Å². The summed E-state index contributed by atoms with van der Waals surface area (Å²) in [6.45, 7) is 0.548. The van der Waals surface area contributed by atoms with E-state index < -0.39 is 17.6 Å². The number of carbonyl (C=O) groups is 1. The normalized spacial score (nSPS) is 13.4. The Labute approximate surface area is 195 Å². The number of alkyl halides is 3. The van der Waals surface area contributed by atoms with Gasteiger partial charge in [0.25, 0.3) is 5.91 Å². The van der Waals surface area contributed by atoms with Gasteiger partial charge >= 0.3 is 6.18 Å². The first-order chi connectivity index (χ1) is 16.0. The number of hydrogen-bond acceptors (Lipinski definition) is 5. The molecule has 3 heterocycles. The number of benzene rings is 1. The van der Waals surface area contributed by atoms with Crippen LogP contribution in [0.2, 0.25) is 0 Å². The minimum absolute atomic E-state index is 0.00689. The first kappa shape index (κ1) is 25.2. The van der Waals surface area contributed by atoms with Gasteiger partial charge in [-0.05, 0) is 69.0 Å².